The summed E-state index contributed by atoms with van der Waals surface area (Å²) >= 11 is 9.04. The highest BCUT2D eigenvalue weighted by atomic mass is 79.9. The molecule has 0 spiro atoms. The van der Waals surface area contributed by atoms with E-state index < -0.39 is 10.0 Å². The molecule has 0 saturated carbocycles. The van der Waals surface area contributed by atoms with E-state index in [9.17, 15) is 8.42 Å². The first kappa shape index (κ1) is 15.9. The second-order valence-corrected chi connectivity index (χ2v) is 6.73. The van der Waals surface area contributed by atoms with Crippen molar-refractivity contribution in [1.82, 2.24) is 4.72 Å². The quantitative estimate of drug-likeness (QED) is 0.852. The van der Waals surface area contributed by atoms with Gasteiger partial charge in [-0.25, -0.2) is 13.1 Å². The molecular formula is C11H15BrClNO3S. The van der Waals surface area contributed by atoms with Crippen LogP contribution in [-0.4, -0.2) is 28.2 Å². The summed E-state index contributed by atoms with van der Waals surface area (Å²) < 4.78 is 32.3. The van der Waals surface area contributed by atoms with Gasteiger partial charge in [0.1, 0.15) is 0 Å². The number of benzene rings is 1. The van der Waals surface area contributed by atoms with E-state index in [1.165, 1.54) is 25.3 Å². The molecule has 0 amide bonds. The average molecular weight is 357 g/mol. The van der Waals surface area contributed by atoms with E-state index in [-0.39, 0.29) is 10.9 Å². The molecule has 1 aromatic carbocycles. The van der Waals surface area contributed by atoms with Gasteiger partial charge >= 0.3 is 0 Å². The number of methoxy groups -OCH3 is 1. The van der Waals surface area contributed by atoms with Gasteiger partial charge in [-0.3, -0.25) is 0 Å². The minimum atomic E-state index is -3.55. The molecule has 1 unspecified atom stereocenters. The van der Waals surface area contributed by atoms with Crippen molar-refractivity contribution in [2.45, 2.75) is 24.3 Å². The zero-order chi connectivity index (χ0) is 13.8. The third kappa shape index (κ3) is 4.20. The Morgan fingerprint density at radius 3 is 2.67 bits per heavy atom. The zero-order valence-electron chi connectivity index (χ0n) is 10.1. The Bertz CT molecular complexity index is 507. The highest BCUT2D eigenvalue weighted by Crippen LogP contribution is 2.25. The maximum atomic E-state index is 12.1. The lowest BCUT2D eigenvalue weighted by atomic mass is 10.3. The molecule has 102 valence electrons. The van der Waals surface area contributed by atoms with Gasteiger partial charge in [0.05, 0.1) is 16.5 Å². The van der Waals surface area contributed by atoms with E-state index in [1.807, 2.05) is 6.92 Å². The summed E-state index contributed by atoms with van der Waals surface area (Å²) in [6, 6.07) is 4.24. The van der Waals surface area contributed by atoms with Gasteiger partial charge in [0, 0.05) is 17.6 Å². The lowest BCUT2D eigenvalue weighted by Gasteiger charge is -2.16. The molecule has 0 fully saturated rings. The number of halogens is 2. The van der Waals surface area contributed by atoms with Gasteiger partial charge in [0.2, 0.25) is 10.0 Å². The Kier molecular flexibility index (Phi) is 6.07. The molecule has 0 heterocycles. The molecule has 1 aromatic rings. The van der Waals surface area contributed by atoms with Crippen LogP contribution < -0.4 is 4.72 Å². The van der Waals surface area contributed by atoms with Crippen molar-refractivity contribution in [3.05, 3.63) is 27.7 Å². The summed E-state index contributed by atoms with van der Waals surface area (Å²) in [7, 11) is -2.01. The fourth-order valence-electron chi connectivity index (χ4n) is 1.37. The average Bonchev–Trinajstić information content (AvgIpc) is 2.31. The van der Waals surface area contributed by atoms with Crippen molar-refractivity contribution in [2.75, 3.05) is 13.7 Å². The predicted octanol–water partition coefficient (Wildman–Crippen LogP) is 2.81. The van der Waals surface area contributed by atoms with Gasteiger partial charge < -0.3 is 4.74 Å². The van der Waals surface area contributed by atoms with Crippen LogP contribution in [0, 0.1) is 0 Å². The summed E-state index contributed by atoms with van der Waals surface area (Å²) in [4.78, 5) is 0.174. The molecule has 0 aliphatic carbocycles. The summed E-state index contributed by atoms with van der Waals surface area (Å²) in [6.45, 7) is 2.23. The second kappa shape index (κ2) is 6.86. The molecule has 0 radical (unpaired) electrons. The third-order valence-corrected chi connectivity index (χ3v) is 5.12. The summed E-state index contributed by atoms with van der Waals surface area (Å²) in [5.41, 5.74) is 0. The van der Waals surface area contributed by atoms with Crippen LogP contribution in [0.2, 0.25) is 5.02 Å². The SMILES string of the molecule is CCC(COC)NS(=O)(=O)c1ccc(Cl)c(Br)c1. The highest BCUT2D eigenvalue weighted by Gasteiger charge is 2.19. The molecule has 7 heteroatoms. The van der Waals surface area contributed by atoms with Gasteiger partial charge in [-0.1, -0.05) is 18.5 Å². The van der Waals surface area contributed by atoms with E-state index in [4.69, 9.17) is 16.3 Å². The van der Waals surface area contributed by atoms with E-state index in [0.29, 0.717) is 22.5 Å². The highest BCUT2D eigenvalue weighted by molar-refractivity contribution is 9.10. The first-order valence-electron chi connectivity index (χ1n) is 5.37. The van der Waals surface area contributed by atoms with Crippen LogP contribution in [-0.2, 0) is 14.8 Å². The van der Waals surface area contributed by atoms with Gasteiger partial charge in [-0.2, -0.15) is 0 Å². The molecule has 1 atom stereocenters. The number of hydrogen-bond acceptors (Lipinski definition) is 3. The molecule has 0 aliphatic rings. The Hall–Kier alpha value is -0.140. The fourth-order valence-corrected chi connectivity index (χ4v) is 3.35. The number of nitrogens with one attached hydrogen (secondary N) is 1. The van der Waals surface area contributed by atoms with Gasteiger partial charge in [-0.05, 0) is 40.5 Å². The van der Waals surface area contributed by atoms with Crippen molar-refractivity contribution < 1.29 is 13.2 Å². The maximum Gasteiger partial charge on any atom is 0.240 e. The fraction of sp³-hybridized carbons (Fsp3) is 0.455. The number of sulfonamides is 1. The van der Waals surface area contributed by atoms with Crippen molar-refractivity contribution in [3.8, 4) is 0 Å². The van der Waals surface area contributed by atoms with E-state index in [1.54, 1.807) is 0 Å². The van der Waals surface area contributed by atoms with E-state index in [2.05, 4.69) is 20.7 Å². The molecule has 0 bridgehead atoms. The van der Waals surface area contributed by atoms with Crippen LogP contribution in [0.1, 0.15) is 13.3 Å². The number of hydrogen-bond donors (Lipinski definition) is 1. The molecule has 4 nitrogen and oxygen atoms in total. The number of rotatable bonds is 6. The van der Waals surface area contributed by atoms with Crippen molar-refractivity contribution >= 4 is 37.6 Å². The van der Waals surface area contributed by atoms with Gasteiger partial charge in [-0.15, -0.1) is 0 Å². The van der Waals surface area contributed by atoms with Crippen LogP contribution >= 0.6 is 27.5 Å². The van der Waals surface area contributed by atoms with Crippen LogP contribution in [0.3, 0.4) is 0 Å². The normalized spacial score (nSPS) is 13.6. The molecule has 1 rings (SSSR count). The molecular weight excluding hydrogens is 342 g/mol. The topological polar surface area (TPSA) is 55.4 Å². The van der Waals surface area contributed by atoms with Gasteiger partial charge in [0.25, 0.3) is 0 Å². The first-order valence-corrected chi connectivity index (χ1v) is 8.02. The van der Waals surface area contributed by atoms with Crippen molar-refractivity contribution in [2.24, 2.45) is 0 Å². The monoisotopic (exact) mass is 355 g/mol. The minimum Gasteiger partial charge on any atom is -0.383 e. The molecule has 0 aliphatic heterocycles. The van der Waals surface area contributed by atoms with Crippen LogP contribution in [0.25, 0.3) is 0 Å². The van der Waals surface area contributed by atoms with Crippen molar-refractivity contribution in [3.63, 3.8) is 0 Å². The zero-order valence-corrected chi connectivity index (χ0v) is 13.3. The summed E-state index contributed by atoms with van der Waals surface area (Å²) in [6.07, 6.45) is 0.655. The Morgan fingerprint density at radius 2 is 2.17 bits per heavy atom. The van der Waals surface area contributed by atoms with Crippen LogP contribution in [0.5, 0.6) is 0 Å². The Balaban J connectivity index is 2.95. The molecule has 0 aromatic heterocycles. The Morgan fingerprint density at radius 1 is 1.50 bits per heavy atom. The Labute approximate surface area is 121 Å². The van der Waals surface area contributed by atoms with Crippen molar-refractivity contribution in [1.29, 1.82) is 0 Å². The summed E-state index contributed by atoms with van der Waals surface area (Å²) in [5, 5.41) is 0.470. The first-order chi connectivity index (χ1) is 8.40. The van der Waals surface area contributed by atoms with E-state index in [0.717, 1.165) is 0 Å². The molecule has 1 N–H and O–H groups in total. The van der Waals surface area contributed by atoms with Gasteiger partial charge in [0.15, 0.2) is 0 Å². The maximum absolute atomic E-state index is 12.1. The van der Waals surface area contributed by atoms with E-state index >= 15 is 0 Å². The molecule has 0 saturated heterocycles. The smallest absolute Gasteiger partial charge is 0.240 e. The van der Waals surface area contributed by atoms with Crippen LogP contribution in [0.15, 0.2) is 27.6 Å². The summed E-state index contributed by atoms with van der Waals surface area (Å²) in [5.74, 6) is 0. The van der Waals surface area contributed by atoms with Crippen LogP contribution in [0.4, 0.5) is 0 Å². The predicted molar refractivity (Wildman–Crippen MR) is 75.4 cm³/mol. The standard InChI is InChI=1S/C11H15BrClNO3S/c1-3-8(7-17-2)14-18(15,16)9-4-5-11(13)10(12)6-9/h4-6,8,14H,3,7H2,1-2H3. The lowest BCUT2D eigenvalue weighted by molar-refractivity contribution is 0.173. The minimum absolute atomic E-state index is 0.174. The number of ether oxygens (including phenoxy) is 1. The third-order valence-electron chi connectivity index (χ3n) is 2.38. The lowest BCUT2D eigenvalue weighted by Crippen LogP contribution is -2.37. The largest absolute Gasteiger partial charge is 0.383 e. The second-order valence-electron chi connectivity index (χ2n) is 3.76. The molecule has 18 heavy (non-hydrogen) atoms.